The molecule has 2 rings (SSSR count). The van der Waals surface area contributed by atoms with Crippen LogP contribution in [0.2, 0.25) is 0 Å². The Morgan fingerprint density at radius 3 is 2.44 bits per heavy atom. The van der Waals surface area contributed by atoms with E-state index in [1.807, 2.05) is 18.2 Å². The first-order chi connectivity index (χ1) is 8.69. The molecule has 0 aromatic heterocycles. The minimum atomic E-state index is -0.236. The third-order valence-electron chi connectivity index (χ3n) is 2.52. The van der Waals surface area contributed by atoms with Gasteiger partial charge in [0, 0.05) is 5.69 Å². The molecule has 2 N–H and O–H groups in total. The Morgan fingerprint density at radius 1 is 1.11 bits per heavy atom. The van der Waals surface area contributed by atoms with E-state index in [4.69, 9.17) is 0 Å². The summed E-state index contributed by atoms with van der Waals surface area (Å²) in [6, 6.07) is 14.4. The van der Waals surface area contributed by atoms with E-state index in [9.17, 15) is 9.90 Å². The fourth-order valence-electron chi connectivity index (χ4n) is 1.62. The second kappa shape index (κ2) is 5.19. The molecule has 0 heterocycles. The highest BCUT2D eigenvalue weighted by molar-refractivity contribution is 5.98. The Bertz CT molecular complexity index is 573. The molecule has 90 valence electrons. The lowest BCUT2D eigenvalue weighted by molar-refractivity contribution is -0.111. The van der Waals surface area contributed by atoms with E-state index >= 15 is 0 Å². The zero-order chi connectivity index (χ0) is 13.0. The fourth-order valence-corrected chi connectivity index (χ4v) is 1.62. The summed E-state index contributed by atoms with van der Waals surface area (Å²) in [4.78, 5) is 11.1. The number of nitrogens with one attached hydrogen (secondary N) is 1. The summed E-state index contributed by atoms with van der Waals surface area (Å²) in [5.74, 6) is -0.00311. The molecule has 18 heavy (non-hydrogen) atoms. The molecule has 0 unspecified atom stereocenters. The van der Waals surface area contributed by atoms with E-state index in [-0.39, 0.29) is 11.7 Å². The molecule has 3 heteroatoms. The van der Waals surface area contributed by atoms with Gasteiger partial charge in [0.05, 0.1) is 0 Å². The third kappa shape index (κ3) is 2.77. The smallest absolute Gasteiger partial charge is 0.247 e. The lowest BCUT2D eigenvalue weighted by atomic mass is 10.1. The van der Waals surface area contributed by atoms with E-state index < -0.39 is 0 Å². The van der Waals surface area contributed by atoms with Crippen LogP contribution < -0.4 is 5.32 Å². The first-order valence-electron chi connectivity index (χ1n) is 5.52. The highest BCUT2D eigenvalue weighted by atomic mass is 16.3. The molecule has 0 radical (unpaired) electrons. The number of rotatable bonds is 3. The van der Waals surface area contributed by atoms with Gasteiger partial charge in [-0.25, -0.2) is 0 Å². The van der Waals surface area contributed by atoms with Crippen molar-refractivity contribution in [2.75, 3.05) is 5.32 Å². The van der Waals surface area contributed by atoms with Crippen LogP contribution in [0.25, 0.3) is 11.1 Å². The monoisotopic (exact) mass is 239 g/mol. The first-order valence-corrected chi connectivity index (χ1v) is 5.52. The van der Waals surface area contributed by atoms with Gasteiger partial charge in [-0.05, 0) is 41.5 Å². The number of anilines is 1. The topological polar surface area (TPSA) is 49.3 Å². The maximum absolute atomic E-state index is 11.1. The molecule has 0 bridgehead atoms. The Kier molecular flexibility index (Phi) is 3.44. The summed E-state index contributed by atoms with van der Waals surface area (Å²) in [6.45, 7) is 3.39. The normalized spacial score (nSPS) is 9.78. The van der Waals surface area contributed by atoms with Crippen molar-refractivity contribution in [3.05, 3.63) is 61.2 Å². The highest BCUT2D eigenvalue weighted by Gasteiger charge is 2.00. The summed E-state index contributed by atoms with van der Waals surface area (Å²) in [6.07, 6.45) is 1.23. The van der Waals surface area contributed by atoms with Gasteiger partial charge < -0.3 is 10.4 Å². The molecule has 0 aliphatic carbocycles. The van der Waals surface area contributed by atoms with Crippen LogP contribution >= 0.6 is 0 Å². The van der Waals surface area contributed by atoms with Crippen LogP contribution in [0.5, 0.6) is 5.75 Å². The SMILES string of the molecule is C=CC(=O)Nc1ccc(-c2cccc(O)c2)cc1. The third-order valence-corrected chi connectivity index (χ3v) is 2.52. The van der Waals surface area contributed by atoms with Crippen molar-refractivity contribution < 1.29 is 9.90 Å². The van der Waals surface area contributed by atoms with Crippen LogP contribution in [0.4, 0.5) is 5.69 Å². The van der Waals surface area contributed by atoms with Gasteiger partial charge in [0.1, 0.15) is 5.75 Å². The van der Waals surface area contributed by atoms with E-state index in [0.29, 0.717) is 5.69 Å². The number of phenolic OH excluding ortho intramolecular Hbond substituents is 1. The minimum absolute atomic E-state index is 0.233. The molecule has 2 aromatic rings. The molecule has 0 atom stereocenters. The van der Waals surface area contributed by atoms with E-state index in [1.165, 1.54) is 6.08 Å². The van der Waals surface area contributed by atoms with Gasteiger partial charge in [0.15, 0.2) is 0 Å². The van der Waals surface area contributed by atoms with E-state index in [0.717, 1.165) is 11.1 Å². The van der Waals surface area contributed by atoms with Gasteiger partial charge in [-0.2, -0.15) is 0 Å². The molecular formula is C15H13NO2. The van der Waals surface area contributed by atoms with Crippen molar-refractivity contribution in [3.63, 3.8) is 0 Å². The molecular weight excluding hydrogens is 226 g/mol. The predicted molar refractivity (Wildman–Crippen MR) is 72.4 cm³/mol. The summed E-state index contributed by atoms with van der Waals surface area (Å²) in [5, 5.41) is 12.1. The fraction of sp³-hybridized carbons (Fsp3) is 0. The van der Waals surface area contributed by atoms with Crippen LogP contribution in [-0.4, -0.2) is 11.0 Å². The van der Waals surface area contributed by atoms with Crippen molar-refractivity contribution in [1.29, 1.82) is 0 Å². The predicted octanol–water partition coefficient (Wildman–Crippen LogP) is 3.18. The average Bonchev–Trinajstić information content (AvgIpc) is 2.39. The zero-order valence-corrected chi connectivity index (χ0v) is 9.76. The highest BCUT2D eigenvalue weighted by Crippen LogP contribution is 2.24. The van der Waals surface area contributed by atoms with Gasteiger partial charge in [-0.1, -0.05) is 30.8 Å². The van der Waals surface area contributed by atoms with Crippen LogP contribution in [0, 0.1) is 0 Å². The Labute approximate surface area is 105 Å². The Morgan fingerprint density at radius 2 is 1.83 bits per heavy atom. The molecule has 2 aromatic carbocycles. The number of benzene rings is 2. The molecule has 0 saturated carbocycles. The van der Waals surface area contributed by atoms with Gasteiger partial charge in [0.2, 0.25) is 5.91 Å². The van der Waals surface area contributed by atoms with Crippen molar-refractivity contribution in [1.82, 2.24) is 0 Å². The first kappa shape index (κ1) is 11.9. The van der Waals surface area contributed by atoms with Crippen LogP contribution in [-0.2, 0) is 4.79 Å². The number of phenols is 1. The largest absolute Gasteiger partial charge is 0.508 e. The molecule has 1 amide bonds. The summed E-state index contributed by atoms with van der Waals surface area (Å²) in [5.41, 5.74) is 2.61. The minimum Gasteiger partial charge on any atom is -0.508 e. The molecule has 0 aliphatic heterocycles. The van der Waals surface area contributed by atoms with E-state index in [1.54, 1.807) is 30.3 Å². The number of hydrogen-bond donors (Lipinski definition) is 2. The van der Waals surface area contributed by atoms with Gasteiger partial charge in [-0.15, -0.1) is 0 Å². The Balaban J connectivity index is 2.22. The van der Waals surface area contributed by atoms with Crippen LogP contribution in [0.1, 0.15) is 0 Å². The standard InChI is InChI=1S/C15H13NO2/c1-2-15(18)16-13-8-6-11(7-9-13)12-4-3-5-14(17)10-12/h2-10,17H,1H2,(H,16,18). The van der Waals surface area contributed by atoms with E-state index in [2.05, 4.69) is 11.9 Å². The lowest BCUT2D eigenvalue weighted by Gasteiger charge is -2.05. The summed E-state index contributed by atoms with van der Waals surface area (Å²) < 4.78 is 0. The van der Waals surface area contributed by atoms with Crippen molar-refractivity contribution in [3.8, 4) is 16.9 Å². The van der Waals surface area contributed by atoms with Gasteiger partial charge in [-0.3, -0.25) is 4.79 Å². The van der Waals surface area contributed by atoms with Gasteiger partial charge >= 0.3 is 0 Å². The maximum Gasteiger partial charge on any atom is 0.247 e. The van der Waals surface area contributed by atoms with Crippen molar-refractivity contribution >= 4 is 11.6 Å². The van der Waals surface area contributed by atoms with Gasteiger partial charge in [0.25, 0.3) is 0 Å². The molecule has 0 spiro atoms. The average molecular weight is 239 g/mol. The number of carbonyl (C=O) groups excluding carboxylic acids is 1. The second-order valence-corrected chi connectivity index (χ2v) is 3.82. The van der Waals surface area contributed by atoms with Crippen LogP contribution in [0.3, 0.4) is 0 Å². The zero-order valence-electron chi connectivity index (χ0n) is 9.76. The maximum atomic E-state index is 11.1. The number of aromatic hydroxyl groups is 1. The lowest BCUT2D eigenvalue weighted by Crippen LogP contribution is -2.06. The number of amides is 1. The van der Waals surface area contributed by atoms with Crippen molar-refractivity contribution in [2.45, 2.75) is 0 Å². The Hall–Kier alpha value is -2.55. The summed E-state index contributed by atoms with van der Waals surface area (Å²) >= 11 is 0. The molecule has 3 nitrogen and oxygen atoms in total. The van der Waals surface area contributed by atoms with Crippen LogP contribution in [0.15, 0.2) is 61.2 Å². The second-order valence-electron chi connectivity index (χ2n) is 3.82. The molecule has 0 saturated heterocycles. The number of carbonyl (C=O) groups is 1. The summed E-state index contributed by atoms with van der Waals surface area (Å²) in [7, 11) is 0. The number of hydrogen-bond acceptors (Lipinski definition) is 2. The van der Waals surface area contributed by atoms with Crippen molar-refractivity contribution in [2.24, 2.45) is 0 Å². The quantitative estimate of drug-likeness (QED) is 0.808. The molecule has 0 fully saturated rings. The molecule has 0 aliphatic rings.